The van der Waals surface area contributed by atoms with Crippen LogP contribution in [0.25, 0.3) is 0 Å². The van der Waals surface area contributed by atoms with E-state index < -0.39 is 12.0 Å². The Labute approximate surface area is 168 Å². The summed E-state index contributed by atoms with van der Waals surface area (Å²) in [4.78, 5) is 13.9. The zero-order valence-electron chi connectivity index (χ0n) is 15.5. The number of nitrogens with zero attached hydrogens (tertiary/aromatic N) is 1. The molecule has 144 valence electrons. The number of carboxylic acids is 1. The van der Waals surface area contributed by atoms with Gasteiger partial charge in [0.2, 0.25) is 0 Å². The predicted octanol–water partition coefficient (Wildman–Crippen LogP) is 4.49. The highest BCUT2D eigenvalue weighted by molar-refractivity contribution is 9.10. The molecule has 2 atom stereocenters. The third kappa shape index (κ3) is 4.12. The van der Waals surface area contributed by atoms with Gasteiger partial charge in [-0.25, -0.2) is 0 Å². The van der Waals surface area contributed by atoms with Crippen molar-refractivity contribution in [2.45, 2.75) is 31.8 Å². The standard InChI is InChI=1S/C21H24BrNO4/c1-3-27-18-11-10-14(13-19(18)26-2)20(15-7-4-5-8-16(15)22)23-12-6-9-17(23)21(24)25/h4-5,7-8,10-11,13,17,20H,3,6,9,12H2,1-2H3,(H,24,25). The summed E-state index contributed by atoms with van der Waals surface area (Å²) < 4.78 is 12.1. The summed E-state index contributed by atoms with van der Waals surface area (Å²) in [6.45, 7) is 3.22. The normalized spacial score (nSPS) is 18.3. The molecule has 0 spiro atoms. The second kappa shape index (κ2) is 8.76. The van der Waals surface area contributed by atoms with Gasteiger partial charge >= 0.3 is 5.97 Å². The van der Waals surface area contributed by atoms with Crippen molar-refractivity contribution in [2.24, 2.45) is 0 Å². The molecule has 0 aromatic heterocycles. The smallest absolute Gasteiger partial charge is 0.320 e. The average molecular weight is 434 g/mol. The number of hydrogen-bond donors (Lipinski definition) is 1. The minimum absolute atomic E-state index is 0.186. The van der Waals surface area contributed by atoms with Crippen LogP contribution in [0.2, 0.25) is 0 Å². The fourth-order valence-corrected chi connectivity index (χ4v) is 4.24. The van der Waals surface area contributed by atoms with Crippen molar-refractivity contribution in [1.82, 2.24) is 4.90 Å². The molecule has 3 rings (SSSR count). The van der Waals surface area contributed by atoms with Crippen LogP contribution in [0.1, 0.15) is 36.9 Å². The Morgan fingerprint density at radius 2 is 2.07 bits per heavy atom. The van der Waals surface area contributed by atoms with E-state index in [-0.39, 0.29) is 6.04 Å². The van der Waals surface area contributed by atoms with Gasteiger partial charge in [-0.1, -0.05) is 40.2 Å². The SMILES string of the molecule is CCOc1ccc(C(c2ccccc2Br)N2CCCC2C(=O)O)cc1OC. The van der Waals surface area contributed by atoms with Crippen LogP contribution in [-0.4, -0.2) is 42.3 Å². The number of carbonyl (C=O) groups is 1. The third-order valence-corrected chi connectivity index (χ3v) is 5.64. The van der Waals surface area contributed by atoms with Gasteiger partial charge < -0.3 is 14.6 Å². The quantitative estimate of drug-likeness (QED) is 0.696. The Bertz CT molecular complexity index is 811. The van der Waals surface area contributed by atoms with Gasteiger partial charge in [0, 0.05) is 11.0 Å². The van der Waals surface area contributed by atoms with Gasteiger partial charge in [0.15, 0.2) is 11.5 Å². The number of ether oxygens (including phenoxy) is 2. The van der Waals surface area contributed by atoms with E-state index in [0.717, 1.165) is 28.6 Å². The Kier molecular flexibility index (Phi) is 6.39. The highest BCUT2D eigenvalue weighted by atomic mass is 79.9. The van der Waals surface area contributed by atoms with E-state index >= 15 is 0 Å². The van der Waals surface area contributed by atoms with Crippen LogP contribution in [0.5, 0.6) is 11.5 Å². The lowest BCUT2D eigenvalue weighted by molar-refractivity contribution is -0.142. The maximum Gasteiger partial charge on any atom is 0.320 e. The van der Waals surface area contributed by atoms with Crippen LogP contribution >= 0.6 is 15.9 Å². The van der Waals surface area contributed by atoms with Gasteiger partial charge in [-0.05, 0) is 49.1 Å². The van der Waals surface area contributed by atoms with E-state index in [1.165, 1.54) is 0 Å². The Morgan fingerprint density at radius 3 is 2.74 bits per heavy atom. The maximum absolute atomic E-state index is 11.8. The molecule has 1 aliphatic heterocycles. The van der Waals surface area contributed by atoms with Crippen LogP contribution in [0.4, 0.5) is 0 Å². The number of methoxy groups -OCH3 is 1. The topological polar surface area (TPSA) is 59.0 Å². The molecular formula is C21H24BrNO4. The van der Waals surface area contributed by atoms with Crippen molar-refractivity contribution < 1.29 is 19.4 Å². The molecule has 0 radical (unpaired) electrons. The molecule has 1 saturated heterocycles. The minimum Gasteiger partial charge on any atom is -0.493 e. The van der Waals surface area contributed by atoms with Gasteiger partial charge in [-0.3, -0.25) is 9.69 Å². The number of likely N-dealkylation sites (tertiary alicyclic amines) is 1. The zero-order chi connectivity index (χ0) is 19.4. The van der Waals surface area contributed by atoms with E-state index in [4.69, 9.17) is 9.47 Å². The molecule has 27 heavy (non-hydrogen) atoms. The van der Waals surface area contributed by atoms with E-state index in [9.17, 15) is 9.90 Å². The number of aliphatic carboxylic acids is 1. The number of rotatable bonds is 7. The molecular weight excluding hydrogens is 410 g/mol. The van der Waals surface area contributed by atoms with Gasteiger partial charge in [0.05, 0.1) is 19.8 Å². The first-order chi connectivity index (χ1) is 13.1. The Hall–Kier alpha value is -2.05. The van der Waals surface area contributed by atoms with Crippen molar-refractivity contribution >= 4 is 21.9 Å². The maximum atomic E-state index is 11.8. The van der Waals surface area contributed by atoms with Crippen LogP contribution < -0.4 is 9.47 Å². The molecule has 2 aromatic carbocycles. The molecule has 6 heteroatoms. The molecule has 0 aliphatic carbocycles. The lowest BCUT2D eigenvalue weighted by Gasteiger charge is -2.33. The summed E-state index contributed by atoms with van der Waals surface area (Å²) in [6.07, 6.45) is 1.52. The summed E-state index contributed by atoms with van der Waals surface area (Å²) in [5.41, 5.74) is 2.02. The van der Waals surface area contributed by atoms with Crippen molar-refractivity contribution in [3.05, 3.63) is 58.1 Å². The van der Waals surface area contributed by atoms with E-state index in [1.54, 1.807) is 7.11 Å². The Morgan fingerprint density at radius 1 is 1.30 bits per heavy atom. The lowest BCUT2D eigenvalue weighted by atomic mass is 9.95. The highest BCUT2D eigenvalue weighted by Crippen LogP contribution is 2.40. The van der Waals surface area contributed by atoms with Crippen LogP contribution in [0.15, 0.2) is 46.9 Å². The molecule has 0 saturated carbocycles. The number of halogens is 1. The largest absolute Gasteiger partial charge is 0.493 e. The summed E-state index contributed by atoms with van der Waals surface area (Å²) in [7, 11) is 1.62. The number of hydrogen-bond acceptors (Lipinski definition) is 4. The Balaban J connectivity index is 2.10. The fraction of sp³-hybridized carbons (Fsp3) is 0.381. The van der Waals surface area contributed by atoms with E-state index in [0.29, 0.717) is 24.5 Å². The second-order valence-electron chi connectivity index (χ2n) is 6.50. The van der Waals surface area contributed by atoms with E-state index in [2.05, 4.69) is 20.8 Å². The number of benzene rings is 2. The molecule has 1 heterocycles. The molecule has 0 bridgehead atoms. The predicted molar refractivity (Wildman–Crippen MR) is 108 cm³/mol. The first-order valence-electron chi connectivity index (χ1n) is 9.10. The lowest BCUT2D eigenvalue weighted by Crippen LogP contribution is -2.39. The first-order valence-corrected chi connectivity index (χ1v) is 9.89. The van der Waals surface area contributed by atoms with Crippen molar-refractivity contribution in [2.75, 3.05) is 20.3 Å². The van der Waals surface area contributed by atoms with Gasteiger partial charge in [-0.2, -0.15) is 0 Å². The molecule has 2 unspecified atom stereocenters. The van der Waals surface area contributed by atoms with Crippen LogP contribution in [0, 0.1) is 0 Å². The highest BCUT2D eigenvalue weighted by Gasteiger charge is 2.37. The van der Waals surface area contributed by atoms with Crippen LogP contribution in [-0.2, 0) is 4.79 Å². The molecule has 1 fully saturated rings. The fourth-order valence-electron chi connectivity index (χ4n) is 3.74. The van der Waals surface area contributed by atoms with Gasteiger partial charge in [0.25, 0.3) is 0 Å². The van der Waals surface area contributed by atoms with E-state index in [1.807, 2.05) is 49.4 Å². The van der Waals surface area contributed by atoms with Crippen LogP contribution in [0.3, 0.4) is 0 Å². The average Bonchev–Trinajstić information content (AvgIpc) is 3.14. The summed E-state index contributed by atoms with van der Waals surface area (Å²) >= 11 is 3.64. The summed E-state index contributed by atoms with van der Waals surface area (Å²) in [6, 6.07) is 13.1. The summed E-state index contributed by atoms with van der Waals surface area (Å²) in [5, 5.41) is 9.71. The number of carboxylic acid groups (broad SMARTS) is 1. The monoisotopic (exact) mass is 433 g/mol. The summed E-state index contributed by atoms with van der Waals surface area (Å²) in [5.74, 6) is 0.561. The van der Waals surface area contributed by atoms with Crippen molar-refractivity contribution in [3.8, 4) is 11.5 Å². The van der Waals surface area contributed by atoms with Crippen molar-refractivity contribution in [3.63, 3.8) is 0 Å². The molecule has 1 aliphatic rings. The zero-order valence-corrected chi connectivity index (χ0v) is 17.1. The second-order valence-corrected chi connectivity index (χ2v) is 7.36. The first kappa shape index (κ1) is 19.7. The minimum atomic E-state index is -0.776. The molecule has 0 amide bonds. The molecule has 2 aromatic rings. The van der Waals surface area contributed by atoms with Crippen molar-refractivity contribution in [1.29, 1.82) is 0 Å². The molecule has 5 nitrogen and oxygen atoms in total. The van der Waals surface area contributed by atoms with Gasteiger partial charge in [-0.15, -0.1) is 0 Å². The molecule has 1 N–H and O–H groups in total. The van der Waals surface area contributed by atoms with Gasteiger partial charge in [0.1, 0.15) is 6.04 Å². The third-order valence-electron chi connectivity index (χ3n) is 4.91.